The van der Waals surface area contributed by atoms with Gasteiger partial charge in [-0.05, 0) is 35.9 Å². The highest BCUT2D eigenvalue weighted by atomic mass is 35.5. The van der Waals surface area contributed by atoms with Gasteiger partial charge in [-0.3, -0.25) is 9.59 Å². The molecule has 0 saturated heterocycles. The van der Waals surface area contributed by atoms with E-state index in [1.165, 1.54) is 18.2 Å². The molecule has 0 spiro atoms. The fourth-order valence-electron chi connectivity index (χ4n) is 2.29. The molecule has 0 radical (unpaired) electrons. The van der Waals surface area contributed by atoms with E-state index >= 15 is 0 Å². The van der Waals surface area contributed by atoms with Crippen LogP contribution in [0.4, 0.5) is 0 Å². The van der Waals surface area contributed by atoms with Gasteiger partial charge < -0.3 is 14.5 Å². The van der Waals surface area contributed by atoms with Crippen molar-refractivity contribution >= 4 is 46.0 Å². The van der Waals surface area contributed by atoms with Gasteiger partial charge in [-0.1, -0.05) is 35.3 Å². The zero-order valence-corrected chi connectivity index (χ0v) is 15.3. The van der Waals surface area contributed by atoms with Crippen molar-refractivity contribution in [2.24, 2.45) is 0 Å². The minimum absolute atomic E-state index is 0.200. The van der Waals surface area contributed by atoms with Crippen molar-refractivity contribution in [1.82, 2.24) is 5.32 Å². The lowest BCUT2D eigenvalue weighted by Gasteiger charge is -2.07. The second-order valence-electron chi connectivity index (χ2n) is 5.59. The average Bonchev–Trinajstić information content (AvgIpc) is 2.66. The molecule has 8 heteroatoms. The lowest BCUT2D eigenvalue weighted by molar-refractivity contribution is -0.124. The van der Waals surface area contributed by atoms with Crippen LogP contribution in [0.15, 0.2) is 57.7 Å². The predicted octanol–water partition coefficient (Wildman–Crippen LogP) is 3.57. The molecule has 3 aromatic rings. The van der Waals surface area contributed by atoms with Gasteiger partial charge in [0.25, 0.3) is 5.91 Å². The van der Waals surface area contributed by atoms with Crippen LogP contribution in [-0.2, 0) is 16.1 Å². The van der Waals surface area contributed by atoms with Gasteiger partial charge in [0, 0.05) is 22.7 Å². The number of halogens is 2. The minimum atomic E-state index is -0.911. The number of hydrogen-bond acceptors (Lipinski definition) is 5. The molecule has 1 aromatic heterocycles. The molecule has 0 fully saturated rings. The quantitative estimate of drug-likeness (QED) is 0.655. The molecule has 138 valence electrons. The smallest absolute Gasteiger partial charge is 0.374 e. The molecule has 6 nitrogen and oxygen atoms in total. The Hall–Kier alpha value is -2.83. The van der Waals surface area contributed by atoms with Crippen molar-refractivity contribution in [1.29, 1.82) is 0 Å². The number of rotatable bonds is 5. The number of hydrogen-bond donors (Lipinski definition) is 1. The lowest BCUT2D eigenvalue weighted by atomic mass is 10.2. The molecule has 0 saturated carbocycles. The van der Waals surface area contributed by atoms with Crippen molar-refractivity contribution in [2.45, 2.75) is 6.54 Å². The van der Waals surface area contributed by atoms with E-state index in [-0.39, 0.29) is 23.3 Å². The zero-order chi connectivity index (χ0) is 19.4. The Morgan fingerprint density at radius 2 is 1.70 bits per heavy atom. The highest BCUT2D eigenvalue weighted by molar-refractivity contribution is 6.31. The summed E-state index contributed by atoms with van der Waals surface area (Å²) in [5.74, 6) is -1.70. The van der Waals surface area contributed by atoms with E-state index in [1.807, 2.05) is 0 Å². The van der Waals surface area contributed by atoms with E-state index in [9.17, 15) is 14.4 Å². The van der Waals surface area contributed by atoms with Crippen LogP contribution in [0.25, 0.3) is 11.0 Å². The monoisotopic (exact) mass is 405 g/mol. The maximum absolute atomic E-state index is 12.1. The molecule has 1 amide bonds. The summed E-state index contributed by atoms with van der Waals surface area (Å²) in [6, 6.07) is 12.4. The first-order chi connectivity index (χ1) is 12.9. The number of ether oxygens (including phenoxy) is 1. The first kappa shape index (κ1) is 18.9. The Kier molecular flexibility index (Phi) is 5.78. The molecule has 0 atom stereocenters. The molecule has 0 aliphatic heterocycles. The van der Waals surface area contributed by atoms with Crippen LogP contribution in [0.5, 0.6) is 0 Å². The third-order valence-corrected chi connectivity index (χ3v) is 4.11. The van der Waals surface area contributed by atoms with Crippen molar-refractivity contribution in [2.75, 3.05) is 6.61 Å². The molecule has 1 N–H and O–H groups in total. The van der Waals surface area contributed by atoms with Crippen molar-refractivity contribution < 1.29 is 18.7 Å². The Labute approximate surface area is 163 Å². The Bertz CT molecular complexity index is 1060. The predicted molar refractivity (Wildman–Crippen MR) is 101 cm³/mol. The normalized spacial score (nSPS) is 10.6. The third-order valence-electron chi connectivity index (χ3n) is 3.63. The van der Waals surface area contributed by atoms with Crippen LogP contribution >= 0.6 is 23.2 Å². The number of nitrogens with one attached hydrogen (secondary N) is 1. The van der Waals surface area contributed by atoms with Crippen LogP contribution < -0.4 is 10.7 Å². The second kappa shape index (κ2) is 8.24. The first-order valence-corrected chi connectivity index (χ1v) is 8.59. The van der Waals surface area contributed by atoms with Crippen LogP contribution in [0.2, 0.25) is 10.0 Å². The van der Waals surface area contributed by atoms with Gasteiger partial charge >= 0.3 is 5.97 Å². The zero-order valence-electron chi connectivity index (χ0n) is 13.8. The van der Waals surface area contributed by atoms with Gasteiger partial charge in [-0.15, -0.1) is 0 Å². The summed E-state index contributed by atoms with van der Waals surface area (Å²) < 4.78 is 10.2. The number of carbonyl (C=O) groups excluding carboxylic acids is 2. The lowest BCUT2D eigenvalue weighted by Crippen LogP contribution is -2.28. The summed E-state index contributed by atoms with van der Waals surface area (Å²) >= 11 is 11.6. The van der Waals surface area contributed by atoms with Crippen molar-refractivity contribution in [3.05, 3.63) is 80.1 Å². The Morgan fingerprint density at radius 3 is 2.44 bits per heavy atom. The molecule has 0 aliphatic rings. The highest BCUT2D eigenvalue weighted by Gasteiger charge is 2.15. The van der Waals surface area contributed by atoms with Gasteiger partial charge in [0.2, 0.25) is 5.76 Å². The van der Waals surface area contributed by atoms with E-state index in [0.717, 1.165) is 11.6 Å². The number of benzene rings is 2. The Morgan fingerprint density at radius 1 is 1.00 bits per heavy atom. The van der Waals surface area contributed by atoms with E-state index in [4.69, 9.17) is 32.4 Å². The molecular weight excluding hydrogens is 393 g/mol. The largest absolute Gasteiger partial charge is 0.450 e. The summed E-state index contributed by atoms with van der Waals surface area (Å²) in [5, 5.41) is 3.83. The Balaban J connectivity index is 1.59. The van der Waals surface area contributed by atoms with Crippen LogP contribution in [0.3, 0.4) is 0 Å². The van der Waals surface area contributed by atoms with E-state index in [1.54, 1.807) is 24.3 Å². The summed E-state index contributed by atoms with van der Waals surface area (Å²) in [4.78, 5) is 35.9. The fourth-order valence-corrected chi connectivity index (χ4v) is 2.58. The van der Waals surface area contributed by atoms with E-state index < -0.39 is 23.9 Å². The molecule has 3 rings (SSSR count). The number of esters is 1. The van der Waals surface area contributed by atoms with Crippen LogP contribution in [0.1, 0.15) is 16.1 Å². The summed E-state index contributed by atoms with van der Waals surface area (Å²) in [5.41, 5.74) is 0.613. The van der Waals surface area contributed by atoms with E-state index in [2.05, 4.69) is 5.32 Å². The third kappa shape index (κ3) is 4.87. The molecule has 0 unspecified atom stereocenters. The second-order valence-corrected chi connectivity index (χ2v) is 6.47. The maximum Gasteiger partial charge on any atom is 0.374 e. The van der Waals surface area contributed by atoms with Crippen molar-refractivity contribution in [3.63, 3.8) is 0 Å². The summed E-state index contributed by atoms with van der Waals surface area (Å²) in [6.07, 6.45) is 0. The summed E-state index contributed by atoms with van der Waals surface area (Å²) in [6.45, 7) is -0.242. The molecule has 2 aromatic carbocycles. The average molecular weight is 406 g/mol. The molecule has 0 aliphatic carbocycles. The summed E-state index contributed by atoms with van der Waals surface area (Å²) in [7, 11) is 0. The number of amides is 1. The van der Waals surface area contributed by atoms with Crippen LogP contribution in [0, 0.1) is 0 Å². The number of carbonyl (C=O) groups is 2. The first-order valence-electron chi connectivity index (χ1n) is 7.84. The van der Waals surface area contributed by atoms with Gasteiger partial charge in [0.15, 0.2) is 12.0 Å². The molecule has 27 heavy (non-hydrogen) atoms. The highest BCUT2D eigenvalue weighted by Crippen LogP contribution is 2.18. The van der Waals surface area contributed by atoms with Gasteiger partial charge in [-0.2, -0.15) is 0 Å². The minimum Gasteiger partial charge on any atom is -0.450 e. The molecule has 0 bridgehead atoms. The molecular formula is C19H13Cl2NO5. The topological polar surface area (TPSA) is 85.6 Å². The van der Waals surface area contributed by atoms with Gasteiger partial charge in [0.1, 0.15) is 5.58 Å². The van der Waals surface area contributed by atoms with Gasteiger partial charge in [0.05, 0.1) is 5.39 Å². The van der Waals surface area contributed by atoms with Crippen LogP contribution in [-0.4, -0.2) is 18.5 Å². The van der Waals surface area contributed by atoms with E-state index in [0.29, 0.717) is 10.0 Å². The molecule has 1 heterocycles. The maximum atomic E-state index is 12.1. The standard InChI is InChI=1S/C19H13Cl2NO5/c20-12-3-1-11(2-4-12)9-22-18(24)10-26-19(25)17-8-15(23)14-7-13(21)5-6-16(14)27-17/h1-8H,9-10H2,(H,22,24). The number of fused-ring (bicyclic) bond motifs is 1. The SMILES string of the molecule is O=C(COC(=O)c1cc(=O)c2cc(Cl)ccc2o1)NCc1ccc(Cl)cc1. The van der Waals surface area contributed by atoms with Crippen molar-refractivity contribution in [3.8, 4) is 0 Å². The fraction of sp³-hybridized carbons (Fsp3) is 0.105. The van der Waals surface area contributed by atoms with Gasteiger partial charge in [-0.25, -0.2) is 4.79 Å².